The Hall–Kier alpha value is -3.44. The number of nitrogens with one attached hydrogen (secondary N) is 1. The van der Waals surface area contributed by atoms with E-state index in [4.69, 9.17) is 11.6 Å². The van der Waals surface area contributed by atoms with Crippen molar-refractivity contribution in [3.05, 3.63) is 89.0 Å². The summed E-state index contributed by atoms with van der Waals surface area (Å²) in [7, 11) is 0. The van der Waals surface area contributed by atoms with E-state index in [2.05, 4.69) is 34.6 Å². The second kappa shape index (κ2) is 9.58. The van der Waals surface area contributed by atoms with E-state index in [1.54, 1.807) is 23.0 Å². The monoisotopic (exact) mass is 430 g/mol. The average Bonchev–Trinajstić information content (AvgIpc) is 3.20. The molecule has 1 aromatic heterocycles. The van der Waals surface area contributed by atoms with Crippen LogP contribution in [0.5, 0.6) is 0 Å². The maximum atomic E-state index is 12.3. The molecule has 0 fully saturated rings. The van der Waals surface area contributed by atoms with E-state index >= 15 is 0 Å². The number of nitrogens with zero attached hydrogens (tertiary/aromatic N) is 3. The van der Waals surface area contributed by atoms with Gasteiger partial charge in [0.25, 0.3) is 0 Å². The largest absolute Gasteiger partial charge is 0.321 e. The van der Waals surface area contributed by atoms with E-state index in [0.717, 1.165) is 17.7 Å². The van der Waals surface area contributed by atoms with Crippen molar-refractivity contribution in [2.75, 3.05) is 5.32 Å². The maximum Gasteiger partial charge on any atom is 0.248 e. The van der Waals surface area contributed by atoms with Crippen LogP contribution in [0.15, 0.2) is 72.8 Å². The van der Waals surface area contributed by atoms with Crippen molar-refractivity contribution >= 4 is 40.3 Å². The number of rotatable bonds is 7. The third-order valence-electron chi connectivity index (χ3n) is 4.94. The molecule has 0 bridgehead atoms. The summed E-state index contributed by atoms with van der Waals surface area (Å²) in [6.45, 7) is 2.19. The zero-order valence-electron chi connectivity index (χ0n) is 17.3. The van der Waals surface area contributed by atoms with Crippen LogP contribution >= 0.6 is 11.6 Å². The number of anilines is 1. The van der Waals surface area contributed by atoms with Gasteiger partial charge in [0, 0.05) is 6.08 Å². The van der Waals surface area contributed by atoms with Gasteiger partial charge < -0.3 is 5.32 Å². The molecule has 6 heteroatoms. The first-order valence-electron chi connectivity index (χ1n) is 10.3. The van der Waals surface area contributed by atoms with Crippen molar-refractivity contribution in [1.82, 2.24) is 15.0 Å². The highest BCUT2D eigenvalue weighted by Gasteiger charge is 2.11. The summed E-state index contributed by atoms with van der Waals surface area (Å²) in [6, 6.07) is 21.3. The van der Waals surface area contributed by atoms with Crippen LogP contribution in [0.1, 0.15) is 30.9 Å². The fraction of sp³-hybridized carbons (Fsp3) is 0.160. The molecule has 156 valence electrons. The summed E-state index contributed by atoms with van der Waals surface area (Å²) in [4.78, 5) is 13.9. The molecule has 5 nitrogen and oxygen atoms in total. The van der Waals surface area contributed by atoms with Crippen molar-refractivity contribution in [2.45, 2.75) is 26.2 Å². The van der Waals surface area contributed by atoms with Gasteiger partial charge in [-0.15, -0.1) is 10.2 Å². The number of aryl methyl sites for hydroxylation is 1. The molecule has 1 N–H and O–H groups in total. The Morgan fingerprint density at radius 3 is 2.45 bits per heavy atom. The van der Waals surface area contributed by atoms with Gasteiger partial charge in [0.2, 0.25) is 5.91 Å². The van der Waals surface area contributed by atoms with E-state index in [1.165, 1.54) is 24.5 Å². The van der Waals surface area contributed by atoms with Gasteiger partial charge in [0.15, 0.2) is 0 Å². The Labute approximate surface area is 186 Å². The summed E-state index contributed by atoms with van der Waals surface area (Å²) < 4.78 is 0. The summed E-state index contributed by atoms with van der Waals surface area (Å²) in [5, 5.41) is 12.3. The third-order valence-corrected chi connectivity index (χ3v) is 5.25. The molecule has 0 saturated carbocycles. The van der Waals surface area contributed by atoms with Crippen LogP contribution in [-0.2, 0) is 11.2 Å². The highest BCUT2D eigenvalue weighted by molar-refractivity contribution is 6.34. The smallest absolute Gasteiger partial charge is 0.248 e. The number of hydrogen-bond acceptors (Lipinski definition) is 3. The number of aromatic nitrogens is 3. The summed E-state index contributed by atoms with van der Waals surface area (Å²) in [5.74, 6) is -0.264. The molecule has 4 aromatic rings. The number of halogens is 1. The first-order chi connectivity index (χ1) is 15.1. The van der Waals surface area contributed by atoms with Gasteiger partial charge in [-0.2, -0.15) is 4.80 Å². The zero-order valence-corrected chi connectivity index (χ0v) is 18.0. The Morgan fingerprint density at radius 2 is 1.74 bits per heavy atom. The van der Waals surface area contributed by atoms with Crippen LogP contribution in [0.3, 0.4) is 0 Å². The van der Waals surface area contributed by atoms with Crippen molar-refractivity contribution in [3.63, 3.8) is 0 Å². The second-order valence-electron chi connectivity index (χ2n) is 7.31. The highest BCUT2D eigenvalue weighted by atomic mass is 35.5. The van der Waals surface area contributed by atoms with Gasteiger partial charge in [-0.25, -0.2) is 0 Å². The number of amides is 1. The fourth-order valence-electron chi connectivity index (χ4n) is 3.24. The predicted octanol–water partition coefficient (Wildman–Crippen LogP) is 6.07. The van der Waals surface area contributed by atoms with Gasteiger partial charge in [0.1, 0.15) is 11.0 Å². The van der Waals surface area contributed by atoms with Gasteiger partial charge in [-0.3, -0.25) is 4.79 Å². The predicted molar refractivity (Wildman–Crippen MR) is 127 cm³/mol. The van der Waals surface area contributed by atoms with Crippen molar-refractivity contribution in [2.24, 2.45) is 0 Å². The third kappa shape index (κ3) is 5.19. The van der Waals surface area contributed by atoms with Gasteiger partial charge >= 0.3 is 0 Å². The van der Waals surface area contributed by atoms with Gasteiger partial charge in [-0.1, -0.05) is 67.4 Å². The molecule has 3 aromatic carbocycles. The highest BCUT2D eigenvalue weighted by Crippen LogP contribution is 2.27. The lowest BCUT2D eigenvalue weighted by atomic mass is 10.1. The molecular weight excluding hydrogens is 408 g/mol. The first kappa shape index (κ1) is 20.8. The van der Waals surface area contributed by atoms with Gasteiger partial charge in [-0.05, 0) is 54.3 Å². The van der Waals surface area contributed by atoms with E-state index < -0.39 is 0 Å². The number of fused-ring (bicyclic) bond motifs is 1. The van der Waals surface area contributed by atoms with Crippen molar-refractivity contribution in [3.8, 4) is 5.69 Å². The Kier molecular flexibility index (Phi) is 6.43. The lowest BCUT2D eigenvalue weighted by molar-refractivity contribution is -0.111. The molecule has 1 amide bonds. The van der Waals surface area contributed by atoms with Crippen LogP contribution in [0.2, 0.25) is 5.02 Å². The number of unbranched alkanes of at least 4 members (excludes halogenated alkanes) is 1. The minimum atomic E-state index is -0.264. The quantitative estimate of drug-likeness (QED) is 0.362. The normalized spacial score (nSPS) is 11.3. The van der Waals surface area contributed by atoms with Crippen LogP contribution in [0.4, 0.5) is 5.69 Å². The van der Waals surface area contributed by atoms with Crippen molar-refractivity contribution < 1.29 is 4.79 Å². The standard InChI is InChI=1S/C25H23ClN4O/c1-2-3-7-19-10-13-20(14-11-19)30-28-23-16-21(26)22(17-24(23)29-30)27-25(31)15-12-18-8-5-4-6-9-18/h4-6,8-17H,2-3,7H2,1H3,(H,27,31). The summed E-state index contributed by atoms with van der Waals surface area (Å²) in [5.41, 5.74) is 4.95. The number of carbonyl (C=O) groups excluding carboxylic acids is 1. The topological polar surface area (TPSA) is 59.8 Å². The molecule has 0 aliphatic carbocycles. The second-order valence-corrected chi connectivity index (χ2v) is 7.72. The summed E-state index contributed by atoms with van der Waals surface area (Å²) in [6.07, 6.45) is 6.66. The maximum absolute atomic E-state index is 12.3. The van der Waals surface area contributed by atoms with Crippen LogP contribution in [0, 0.1) is 0 Å². The first-order valence-corrected chi connectivity index (χ1v) is 10.7. The molecule has 0 aliphatic rings. The Bertz CT molecular complexity index is 1210. The average molecular weight is 431 g/mol. The molecule has 0 radical (unpaired) electrons. The van der Waals surface area contributed by atoms with Crippen LogP contribution < -0.4 is 5.32 Å². The minimum absolute atomic E-state index is 0.264. The molecule has 0 saturated heterocycles. The van der Waals surface area contributed by atoms with E-state index in [1.807, 2.05) is 42.5 Å². The fourth-order valence-corrected chi connectivity index (χ4v) is 3.44. The van der Waals surface area contributed by atoms with Crippen molar-refractivity contribution in [1.29, 1.82) is 0 Å². The SMILES string of the molecule is CCCCc1ccc(-n2nc3cc(Cl)c(NC(=O)C=Cc4ccccc4)cc3n2)cc1. The molecule has 4 rings (SSSR count). The van der Waals surface area contributed by atoms with E-state index in [9.17, 15) is 4.79 Å². The molecule has 0 spiro atoms. The summed E-state index contributed by atoms with van der Waals surface area (Å²) >= 11 is 6.37. The van der Waals surface area contributed by atoms with Crippen LogP contribution in [0.25, 0.3) is 22.8 Å². The van der Waals surface area contributed by atoms with E-state index in [0.29, 0.717) is 21.7 Å². The number of hydrogen-bond donors (Lipinski definition) is 1. The van der Waals surface area contributed by atoms with Gasteiger partial charge in [0.05, 0.1) is 16.4 Å². The molecule has 0 aliphatic heterocycles. The lowest BCUT2D eigenvalue weighted by Crippen LogP contribution is -2.08. The molecule has 1 heterocycles. The lowest BCUT2D eigenvalue weighted by Gasteiger charge is -2.04. The molecular formula is C25H23ClN4O. The molecule has 31 heavy (non-hydrogen) atoms. The molecule has 0 unspecified atom stereocenters. The minimum Gasteiger partial charge on any atom is -0.321 e. The molecule has 0 atom stereocenters. The van der Waals surface area contributed by atoms with Crippen LogP contribution in [-0.4, -0.2) is 20.9 Å². The number of benzene rings is 3. The zero-order chi connectivity index (χ0) is 21.6. The Morgan fingerprint density at radius 1 is 1.03 bits per heavy atom. The number of carbonyl (C=O) groups is 1. The Balaban J connectivity index is 1.52. The van der Waals surface area contributed by atoms with E-state index in [-0.39, 0.29) is 5.91 Å².